The normalized spacial score (nSPS) is 15.2. The van der Waals surface area contributed by atoms with Gasteiger partial charge in [-0.2, -0.15) is 0 Å². The van der Waals surface area contributed by atoms with Crippen LogP contribution >= 0.6 is 7.92 Å². The van der Waals surface area contributed by atoms with Crippen LogP contribution in [0.2, 0.25) is 0 Å². The van der Waals surface area contributed by atoms with Gasteiger partial charge in [-0.3, -0.25) is 9.48 Å². The molecule has 0 bridgehead atoms. The molecule has 0 spiro atoms. The van der Waals surface area contributed by atoms with Crippen molar-refractivity contribution < 1.29 is 4.58 Å². The third-order valence-electron chi connectivity index (χ3n) is 3.68. The maximum Gasteiger partial charge on any atom is 0.275 e. The summed E-state index contributed by atoms with van der Waals surface area (Å²) in [5, 5.41) is 2.84. The van der Waals surface area contributed by atoms with Crippen molar-refractivity contribution in [3.63, 3.8) is 0 Å². The van der Waals surface area contributed by atoms with E-state index in [9.17, 15) is 0 Å². The SMILES string of the molecule is CN1CC[N+](C)=C1P(c1ccccc1)c1ccccc1. The van der Waals surface area contributed by atoms with Crippen molar-refractivity contribution in [3.05, 3.63) is 60.7 Å². The molecule has 20 heavy (non-hydrogen) atoms. The highest BCUT2D eigenvalue weighted by atomic mass is 31.1. The van der Waals surface area contributed by atoms with Gasteiger partial charge in [-0.1, -0.05) is 60.7 Å². The fourth-order valence-electron chi connectivity index (χ4n) is 2.67. The van der Waals surface area contributed by atoms with Crippen molar-refractivity contribution in [2.45, 2.75) is 0 Å². The van der Waals surface area contributed by atoms with Crippen LogP contribution in [-0.2, 0) is 0 Å². The molecular weight excluding hydrogens is 263 g/mol. The molecule has 0 N–H and O–H groups in total. The number of hydrogen-bond donors (Lipinski definition) is 0. The zero-order valence-corrected chi connectivity index (χ0v) is 12.9. The Morgan fingerprint density at radius 3 is 1.80 bits per heavy atom. The molecule has 1 heterocycles. The molecule has 0 atom stereocenters. The van der Waals surface area contributed by atoms with Crippen molar-refractivity contribution in [1.82, 2.24) is 4.90 Å². The molecule has 3 rings (SSSR count). The molecule has 3 heteroatoms. The van der Waals surface area contributed by atoms with E-state index in [1.54, 1.807) is 0 Å². The Bertz CT molecular complexity index is 568. The number of benzene rings is 2. The van der Waals surface area contributed by atoms with Crippen LogP contribution in [0.25, 0.3) is 0 Å². The Morgan fingerprint density at radius 2 is 1.40 bits per heavy atom. The lowest BCUT2D eigenvalue weighted by Gasteiger charge is -2.19. The van der Waals surface area contributed by atoms with Crippen LogP contribution in [0.1, 0.15) is 0 Å². The summed E-state index contributed by atoms with van der Waals surface area (Å²) in [6.07, 6.45) is 0. The van der Waals surface area contributed by atoms with E-state index in [4.69, 9.17) is 0 Å². The zero-order valence-electron chi connectivity index (χ0n) is 12.0. The molecule has 0 radical (unpaired) electrons. The van der Waals surface area contributed by atoms with Crippen LogP contribution in [0.4, 0.5) is 0 Å². The summed E-state index contributed by atoms with van der Waals surface area (Å²) >= 11 is 0. The van der Waals surface area contributed by atoms with Crippen molar-refractivity contribution >= 4 is 24.1 Å². The summed E-state index contributed by atoms with van der Waals surface area (Å²) in [4.78, 5) is 2.41. The maximum absolute atomic E-state index is 2.41. The highest BCUT2D eigenvalue weighted by Crippen LogP contribution is 2.37. The molecule has 0 unspecified atom stereocenters. The molecule has 1 aliphatic rings. The van der Waals surface area contributed by atoms with Gasteiger partial charge >= 0.3 is 0 Å². The van der Waals surface area contributed by atoms with Crippen LogP contribution < -0.4 is 10.6 Å². The fourth-order valence-corrected chi connectivity index (χ4v) is 5.25. The molecular formula is C17H20N2P+. The van der Waals surface area contributed by atoms with E-state index in [0.717, 1.165) is 13.1 Å². The summed E-state index contributed by atoms with van der Waals surface area (Å²) in [7, 11) is 3.95. The Hall–Kier alpha value is -1.66. The van der Waals surface area contributed by atoms with Crippen molar-refractivity contribution in [1.29, 1.82) is 0 Å². The number of amidine groups is 1. The molecule has 0 aliphatic carbocycles. The van der Waals surface area contributed by atoms with E-state index in [0.29, 0.717) is 0 Å². The predicted octanol–water partition coefficient (Wildman–Crippen LogP) is 2.06. The van der Waals surface area contributed by atoms with Gasteiger partial charge in [0.05, 0.1) is 22.0 Å². The second-order valence-corrected chi connectivity index (χ2v) is 7.25. The van der Waals surface area contributed by atoms with Gasteiger partial charge in [0.1, 0.15) is 13.1 Å². The average molecular weight is 283 g/mol. The monoisotopic (exact) mass is 283 g/mol. The number of rotatable bonds is 3. The minimum atomic E-state index is -0.462. The van der Waals surface area contributed by atoms with E-state index in [-0.39, 0.29) is 0 Å². The molecule has 0 aromatic heterocycles. The Kier molecular flexibility index (Phi) is 3.84. The quantitative estimate of drug-likeness (QED) is 0.617. The average Bonchev–Trinajstić information content (AvgIpc) is 2.82. The molecule has 2 nitrogen and oxygen atoms in total. The Balaban J connectivity index is 2.12. The molecule has 0 fully saturated rings. The molecule has 0 amide bonds. The molecule has 2 aromatic rings. The van der Waals surface area contributed by atoms with Crippen molar-refractivity contribution in [2.24, 2.45) is 0 Å². The summed E-state index contributed by atoms with van der Waals surface area (Å²) in [5.74, 6) is 0. The molecule has 1 aliphatic heterocycles. The lowest BCUT2D eigenvalue weighted by molar-refractivity contribution is -0.484. The van der Waals surface area contributed by atoms with Crippen molar-refractivity contribution in [2.75, 3.05) is 27.2 Å². The smallest absolute Gasteiger partial charge is 0.260 e. The van der Waals surface area contributed by atoms with Gasteiger partial charge < -0.3 is 0 Å². The first kappa shape index (κ1) is 13.3. The minimum absolute atomic E-state index is 0.462. The topological polar surface area (TPSA) is 6.25 Å². The summed E-state index contributed by atoms with van der Waals surface area (Å²) in [6.45, 7) is 2.23. The number of nitrogens with zero attached hydrogens (tertiary/aromatic N) is 2. The largest absolute Gasteiger partial charge is 0.275 e. The first-order valence-corrected chi connectivity index (χ1v) is 8.31. The molecule has 0 saturated heterocycles. The van der Waals surface area contributed by atoms with E-state index in [1.807, 2.05) is 0 Å². The third kappa shape index (κ3) is 2.48. The highest BCUT2D eigenvalue weighted by Gasteiger charge is 2.34. The van der Waals surface area contributed by atoms with Gasteiger partial charge in [0.15, 0.2) is 0 Å². The first-order chi connectivity index (χ1) is 9.77. The molecule has 2 aromatic carbocycles. The second-order valence-electron chi connectivity index (χ2n) is 5.15. The predicted molar refractivity (Wildman–Crippen MR) is 87.8 cm³/mol. The third-order valence-corrected chi connectivity index (χ3v) is 6.39. The van der Waals surface area contributed by atoms with Crippen LogP contribution in [-0.4, -0.2) is 42.2 Å². The summed E-state index contributed by atoms with van der Waals surface area (Å²) in [6, 6.07) is 21.8. The van der Waals surface area contributed by atoms with Crippen LogP contribution in [0.3, 0.4) is 0 Å². The minimum Gasteiger partial charge on any atom is -0.260 e. The summed E-state index contributed by atoms with van der Waals surface area (Å²) in [5.41, 5.74) is 1.46. The van der Waals surface area contributed by atoms with Gasteiger partial charge in [-0.25, -0.2) is 0 Å². The Morgan fingerprint density at radius 1 is 0.900 bits per heavy atom. The van der Waals surface area contributed by atoms with E-state index >= 15 is 0 Å². The lowest BCUT2D eigenvalue weighted by atomic mass is 10.4. The molecule has 0 saturated carbocycles. The lowest BCUT2D eigenvalue weighted by Crippen LogP contribution is -2.30. The van der Waals surface area contributed by atoms with Crippen LogP contribution in [0, 0.1) is 0 Å². The second kappa shape index (κ2) is 5.76. The maximum atomic E-state index is 2.41. The van der Waals surface area contributed by atoms with E-state index in [1.165, 1.54) is 16.2 Å². The van der Waals surface area contributed by atoms with E-state index in [2.05, 4.69) is 84.2 Å². The fraction of sp³-hybridized carbons (Fsp3) is 0.235. The van der Waals surface area contributed by atoms with Gasteiger partial charge in [0.25, 0.3) is 5.58 Å². The van der Waals surface area contributed by atoms with Gasteiger partial charge in [-0.05, 0) is 10.6 Å². The van der Waals surface area contributed by atoms with Gasteiger partial charge in [0, 0.05) is 0 Å². The summed E-state index contributed by atoms with van der Waals surface area (Å²) < 4.78 is 2.41. The standard InChI is InChI=1S/C17H20N2P/c1-18-13-14-19(2)17(18)20(15-9-5-3-6-10-15)16-11-7-4-8-12-16/h3-12H,13-14H2,1-2H3/q+1. The van der Waals surface area contributed by atoms with Gasteiger partial charge in [0.2, 0.25) is 0 Å². The molecule has 102 valence electrons. The Labute approximate surface area is 122 Å². The number of hydrogen-bond acceptors (Lipinski definition) is 1. The van der Waals surface area contributed by atoms with Crippen molar-refractivity contribution in [3.8, 4) is 0 Å². The number of likely N-dealkylation sites (N-methyl/N-ethyl adjacent to an activating group) is 2. The zero-order chi connectivity index (χ0) is 13.9. The first-order valence-electron chi connectivity index (χ1n) is 6.97. The van der Waals surface area contributed by atoms with Gasteiger partial charge in [-0.15, -0.1) is 0 Å². The highest BCUT2D eigenvalue weighted by molar-refractivity contribution is 7.87. The van der Waals surface area contributed by atoms with Crippen LogP contribution in [0.5, 0.6) is 0 Å². The van der Waals surface area contributed by atoms with E-state index < -0.39 is 7.92 Å². The van der Waals surface area contributed by atoms with Crippen LogP contribution in [0.15, 0.2) is 60.7 Å².